The van der Waals surface area contributed by atoms with Crippen molar-refractivity contribution < 1.29 is 19.1 Å². The molecule has 0 aromatic rings. The van der Waals surface area contributed by atoms with Gasteiger partial charge in [-0.05, 0) is 69.6 Å². The van der Waals surface area contributed by atoms with E-state index in [4.69, 9.17) is 0 Å². The van der Waals surface area contributed by atoms with Crippen LogP contribution >= 0.6 is 0 Å². The fourth-order valence-corrected chi connectivity index (χ4v) is 4.48. The van der Waals surface area contributed by atoms with Crippen LogP contribution in [0.5, 0.6) is 0 Å². The molecule has 3 aliphatic carbocycles. The van der Waals surface area contributed by atoms with Gasteiger partial charge in [0.1, 0.15) is 0 Å². The molecule has 4 heteroatoms. The third-order valence-corrected chi connectivity index (χ3v) is 5.40. The molecular weight excluding hydrogens is 304 g/mol. The van der Waals surface area contributed by atoms with E-state index in [0.29, 0.717) is 19.6 Å². The predicted molar refractivity (Wildman–Crippen MR) is 95.4 cm³/mol. The van der Waals surface area contributed by atoms with Gasteiger partial charge in [-0.1, -0.05) is 19.9 Å². The lowest BCUT2D eigenvalue weighted by Crippen LogP contribution is -2.15. The molecule has 3 rings (SSSR count). The SMILES string of the molecule is C1CC2C3CCC(C3)C2C1.C=CC(=O)OCC.CCOC(=O)CC. The van der Waals surface area contributed by atoms with Gasteiger partial charge in [0.05, 0.1) is 13.2 Å². The van der Waals surface area contributed by atoms with Crippen molar-refractivity contribution in [3.63, 3.8) is 0 Å². The maximum atomic E-state index is 10.2. The number of carbonyl (C=O) groups is 2. The van der Waals surface area contributed by atoms with E-state index in [1.807, 2.05) is 0 Å². The number of carbonyl (C=O) groups excluding carboxylic acids is 2. The molecule has 0 aromatic heterocycles. The van der Waals surface area contributed by atoms with Gasteiger partial charge in [0.25, 0.3) is 0 Å². The summed E-state index contributed by atoms with van der Waals surface area (Å²) in [5, 5.41) is 0. The van der Waals surface area contributed by atoms with Crippen LogP contribution in [0.25, 0.3) is 0 Å². The Kier molecular flexibility index (Phi) is 9.73. The van der Waals surface area contributed by atoms with E-state index in [-0.39, 0.29) is 11.9 Å². The maximum absolute atomic E-state index is 10.2. The normalized spacial score (nSPS) is 28.6. The third-order valence-electron chi connectivity index (χ3n) is 5.40. The van der Waals surface area contributed by atoms with Gasteiger partial charge in [-0.3, -0.25) is 4.79 Å². The Morgan fingerprint density at radius 3 is 1.83 bits per heavy atom. The molecule has 4 unspecified atom stereocenters. The minimum atomic E-state index is -0.359. The zero-order valence-electron chi connectivity index (χ0n) is 15.6. The molecule has 0 heterocycles. The van der Waals surface area contributed by atoms with E-state index in [1.165, 1.54) is 23.7 Å². The maximum Gasteiger partial charge on any atom is 0.330 e. The van der Waals surface area contributed by atoms with Crippen molar-refractivity contribution in [3.8, 4) is 0 Å². The van der Waals surface area contributed by atoms with Crippen LogP contribution in [0.1, 0.15) is 65.7 Å². The molecule has 0 amide bonds. The van der Waals surface area contributed by atoms with E-state index in [1.54, 1.807) is 59.3 Å². The van der Waals surface area contributed by atoms with Crippen molar-refractivity contribution in [1.29, 1.82) is 0 Å². The summed E-state index contributed by atoms with van der Waals surface area (Å²) in [7, 11) is 0. The van der Waals surface area contributed by atoms with E-state index in [2.05, 4.69) is 16.1 Å². The first kappa shape index (κ1) is 20.7. The lowest BCUT2D eigenvalue weighted by molar-refractivity contribution is -0.142. The van der Waals surface area contributed by atoms with Crippen LogP contribution in [0, 0.1) is 23.7 Å². The number of hydrogen-bond donors (Lipinski definition) is 0. The summed E-state index contributed by atoms with van der Waals surface area (Å²) in [6.45, 7) is 9.45. The smallest absolute Gasteiger partial charge is 0.330 e. The molecule has 0 spiro atoms. The first-order valence-electron chi connectivity index (χ1n) is 9.52. The van der Waals surface area contributed by atoms with Gasteiger partial charge in [0.15, 0.2) is 0 Å². The minimum absolute atomic E-state index is 0.123. The number of fused-ring (bicyclic) bond motifs is 5. The van der Waals surface area contributed by atoms with E-state index in [9.17, 15) is 9.59 Å². The van der Waals surface area contributed by atoms with E-state index < -0.39 is 0 Å². The van der Waals surface area contributed by atoms with Gasteiger partial charge in [-0.2, -0.15) is 0 Å². The number of ether oxygens (including phenoxy) is 2. The number of rotatable bonds is 4. The highest BCUT2D eigenvalue weighted by Crippen LogP contribution is 2.58. The Balaban J connectivity index is 0.000000188. The molecule has 3 aliphatic rings. The molecule has 138 valence electrons. The summed E-state index contributed by atoms with van der Waals surface area (Å²) >= 11 is 0. The molecule has 3 saturated carbocycles. The predicted octanol–water partition coefficient (Wildman–Crippen LogP) is 4.53. The Labute approximate surface area is 147 Å². The Bertz CT molecular complexity index is 388. The average molecular weight is 338 g/mol. The van der Waals surface area contributed by atoms with Gasteiger partial charge < -0.3 is 9.47 Å². The minimum Gasteiger partial charge on any atom is -0.466 e. The van der Waals surface area contributed by atoms with Crippen LogP contribution < -0.4 is 0 Å². The standard InChI is InChI=1S/C10H16.C5H10O2.C5H8O2/c1-2-9-7-4-5-8(6-7)10(9)3-1;2*1-3-5(6)7-4-2/h7-10H,1-6H2;3-4H2,1-2H3;3H,1,4H2,2H3. The lowest BCUT2D eigenvalue weighted by atomic mass is 9.82. The van der Waals surface area contributed by atoms with Crippen molar-refractivity contribution in [2.75, 3.05) is 13.2 Å². The van der Waals surface area contributed by atoms with Gasteiger partial charge in [0, 0.05) is 12.5 Å². The van der Waals surface area contributed by atoms with Crippen molar-refractivity contribution in [2.45, 2.75) is 65.7 Å². The summed E-state index contributed by atoms with van der Waals surface area (Å²) in [5.74, 6) is 4.32. The fourth-order valence-electron chi connectivity index (χ4n) is 4.48. The molecule has 4 atom stereocenters. The highest BCUT2D eigenvalue weighted by molar-refractivity contribution is 5.81. The van der Waals surface area contributed by atoms with Crippen molar-refractivity contribution in [3.05, 3.63) is 12.7 Å². The number of hydrogen-bond acceptors (Lipinski definition) is 4. The molecule has 2 bridgehead atoms. The van der Waals surface area contributed by atoms with Crippen LogP contribution in [0.15, 0.2) is 12.7 Å². The van der Waals surface area contributed by atoms with Gasteiger partial charge in [-0.15, -0.1) is 0 Å². The van der Waals surface area contributed by atoms with Gasteiger partial charge in [0.2, 0.25) is 0 Å². The Hall–Kier alpha value is -1.32. The summed E-state index contributed by atoms with van der Waals surface area (Å²) in [4.78, 5) is 20.3. The second kappa shape index (κ2) is 11.3. The van der Waals surface area contributed by atoms with Crippen molar-refractivity contribution in [2.24, 2.45) is 23.7 Å². The van der Waals surface area contributed by atoms with Crippen molar-refractivity contribution >= 4 is 11.9 Å². The second-order valence-corrected chi connectivity index (χ2v) is 6.71. The lowest BCUT2D eigenvalue weighted by Gasteiger charge is -2.23. The quantitative estimate of drug-likeness (QED) is 0.558. The highest BCUT2D eigenvalue weighted by Gasteiger charge is 2.48. The summed E-state index contributed by atoms with van der Waals surface area (Å²) < 4.78 is 8.99. The summed E-state index contributed by atoms with van der Waals surface area (Å²) in [5.41, 5.74) is 0. The molecule has 0 N–H and O–H groups in total. The van der Waals surface area contributed by atoms with E-state index in [0.717, 1.165) is 6.08 Å². The third kappa shape index (κ3) is 6.29. The average Bonchev–Trinajstić information content (AvgIpc) is 3.30. The molecule has 4 nitrogen and oxygen atoms in total. The molecule has 0 radical (unpaired) electrons. The van der Waals surface area contributed by atoms with E-state index >= 15 is 0 Å². The zero-order valence-corrected chi connectivity index (χ0v) is 15.6. The van der Waals surface area contributed by atoms with Crippen LogP contribution in [0.4, 0.5) is 0 Å². The van der Waals surface area contributed by atoms with Crippen LogP contribution in [-0.2, 0) is 19.1 Å². The van der Waals surface area contributed by atoms with Crippen molar-refractivity contribution in [1.82, 2.24) is 0 Å². The first-order valence-corrected chi connectivity index (χ1v) is 9.52. The molecular formula is C20H34O4. The van der Waals surface area contributed by atoms with Gasteiger partial charge in [-0.25, -0.2) is 4.79 Å². The second-order valence-electron chi connectivity index (χ2n) is 6.71. The molecule has 24 heavy (non-hydrogen) atoms. The number of esters is 2. The molecule has 0 aromatic carbocycles. The Morgan fingerprint density at radius 1 is 0.958 bits per heavy atom. The molecule has 3 fully saturated rings. The summed E-state index contributed by atoms with van der Waals surface area (Å²) in [6.07, 6.45) is 11.2. The highest BCUT2D eigenvalue weighted by atomic mass is 16.5. The van der Waals surface area contributed by atoms with Crippen LogP contribution in [-0.4, -0.2) is 25.2 Å². The van der Waals surface area contributed by atoms with Crippen LogP contribution in [0.2, 0.25) is 0 Å². The topological polar surface area (TPSA) is 52.6 Å². The zero-order chi connectivity index (χ0) is 17.9. The molecule has 0 aliphatic heterocycles. The van der Waals surface area contributed by atoms with Gasteiger partial charge >= 0.3 is 11.9 Å². The largest absolute Gasteiger partial charge is 0.466 e. The fraction of sp³-hybridized carbons (Fsp3) is 0.800. The van der Waals surface area contributed by atoms with Crippen LogP contribution in [0.3, 0.4) is 0 Å². The Morgan fingerprint density at radius 2 is 1.50 bits per heavy atom. The monoisotopic (exact) mass is 338 g/mol. The molecule has 0 saturated heterocycles. The first-order chi connectivity index (χ1) is 11.6. The summed E-state index contributed by atoms with van der Waals surface area (Å²) in [6, 6.07) is 0.